The maximum atomic E-state index is 12.0. The summed E-state index contributed by atoms with van der Waals surface area (Å²) in [5.41, 5.74) is 3.65. The number of methoxy groups -OCH3 is 2. The molecule has 0 spiro atoms. The summed E-state index contributed by atoms with van der Waals surface area (Å²) < 4.78 is 14.8. The minimum atomic E-state index is -0.453. The Morgan fingerprint density at radius 2 is 1.84 bits per heavy atom. The van der Waals surface area contributed by atoms with E-state index in [1.165, 1.54) is 20.4 Å². The zero-order valence-corrected chi connectivity index (χ0v) is 13.9. The summed E-state index contributed by atoms with van der Waals surface area (Å²) in [5.74, 6) is 0.334. The van der Waals surface area contributed by atoms with Crippen molar-refractivity contribution in [2.24, 2.45) is 5.10 Å². The third kappa shape index (κ3) is 5.65. The number of hydrogen-bond donors (Lipinski definition) is 1. The van der Waals surface area contributed by atoms with Crippen molar-refractivity contribution in [2.45, 2.75) is 0 Å². The van der Waals surface area contributed by atoms with Crippen LogP contribution in [0.5, 0.6) is 11.5 Å². The molecule has 0 heterocycles. The summed E-state index contributed by atoms with van der Waals surface area (Å²) in [7, 11) is 2.83. The summed E-state index contributed by atoms with van der Waals surface area (Å²) in [6, 6.07) is 13.6. The van der Waals surface area contributed by atoms with Gasteiger partial charge in [-0.15, -0.1) is 0 Å². The van der Waals surface area contributed by atoms with Crippen LogP contribution >= 0.6 is 0 Å². The summed E-state index contributed by atoms with van der Waals surface area (Å²) >= 11 is 0. The van der Waals surface area contributed by atoms with E-state index in [9.17, 15) is 9.59 Å². The zero-order chi connectivity index (χ0) is 18.1. The van der Waals surface area contributed by atoms with Crippen molar-refractivity contribution in [3.63, 3.8) is 0 Å². The Bertz CT molecular complexity index is 756. The monoisotopic (exact) mass is 342 g/mol. The molecule has 0 aliphatic carbocycles. The third-order valence-electron chi connectivity index (χ3n) is 3.18. The summed E-state index contributed by atoms with van der Waals surface area (Å²) in [5, 5.41) is 3.91. The van der Waals surface area contributed by atoms with Crippen LogP contribution in [0.4, 0.5) is 0 Å². The van der Waals surface area contributed by atoms with Crippen molar-refractivity contribution in [1.82, 2.24) is 5.43 Å². The van der Waals surface area contributed by atoms with Gasteiger partial charge < -0.3 is 14.2 Å². The van der Waals surface area contributed by atoms with Crippen molar-refractivity contribution in [3.05, 3.63) is 59.7 Å². The standard InChI is InChI=1S/C18H18N2O5/c1-23-16-5-3-4-14(10-16)18(22)20-19-11-13-6-8-15(9-7-13)25-12-17(21)24-2/h3-11H,12H2,1-2H3,(H,20,22)/b19-11+. The number of hydrazone groups is 1. The van der Waals surface area contributed by atoms with Gasteiger partial charge in [-0.2, -0.15) is 5.10 Å². The molecule has 0 radical (unpaired) electrons. The Labute approximate surface area is 145 Å². The van der Waals surface area contributed by atoms with Crippen LogP contribution in [0.2, 0.25) is 0 Å². The summed E-state index contributed by atoms with van der Waals surface area (Å²) in [6.07, 6.45) is 1.50. The molecule has 1 N–H and O–H groups in total. The fourth-order valence-electron chi connectivity index (χ4n) is 1.85. The molecule has 0 saturated heterocycles. The number of rotatable bonds is 7. The highest BCUT2D eigenvalue weighted by Crippen LogP contribution is 2.13. The molecular formula is C18H18N2O5. The number of nitrogens with one attached hydrogen (secondary N) is 1. The second kappa shape index (κ2) is 9.07. The minimum absolute atomic E-state index is 0.152. The van der Waals surface area contributed by atoms with Crippen molar-refractivity contribution < 1.29 is 23.8 Å². The number of ether oxygens (including phenoxy) is 3. The summed E-state index contributed by atoms with van der Waals surface area (Å²) in [4.78, 5) is 23.0. The quantitative estimate of drug-likeness (QED) is 0.472. The Morgan fingerprint density at radius 1 is 1.08 bits per heavy atom. The van der Waals surface area contributed by atoms with E-state index in [-0.39, 0.29) is 12.5 Å². The number of amides is 1. The van der Waals surface area contributed by atoms with Crippen LogP contribution in [-0.2, 0) is 9.53 Å². The highest BCUT2D eigenvalue weighted by molar-refractivity contribution is 5.95. The zero-order valence-electron chi connectivity index (χ0n) is 13.9. The lowest BCUT2D eigenvalue weighted by atomic mass is 10.2. The number of hydrogen-bond acceptors (Lipinski definition) is 6. The number of benzene rings is 2. The second-order valence-electron chi connectivity index (χ2n) is 4.86. The lowest BCUT2D eigenvalue weighted by Gasteiger charge is -2.04. The largest absolute Gasteiger partial charge is 0.497 e. The van der Waals surface area contributed by atoms with Crippen molar-refractivity contribution in [1.29, 1.82) is 0 Å². The van der Waals surface area contributed by atoms with Gasteiger partial charge in [0.05, 0.1) is 20.4 Å². The lowest BCUT2D eigenvalue weighted by Crippen LogP contribution is -2.17. The van der Waals surface area contributed by atoms with Gasteiger partial charge >= 0.3 is 5.97 Å². The first kappa shape index (κ1) is 18.0. The first-order valence-corrected chi connectivity index (χ1v) is 7.39. The third-order valence-corrected chi connectivity index (χ3v) is 3.18. The molecule has 130 valence electrons. The molecule has 7 nitrogen and oxygen atoms in total. The van der Waals surface area contributed by atoms with Crippen LogP contribution in [0.3, 0.4) is 0 Å². The smallest absolute Gasteiger partial charge is 0.343 e. The Kier molecular flexibility index (Phi) is 6.53. The number of esters is 1. The molecule has 25 heavy (non-hydrogen) atoms. The number of carbonyl (C=O) groups excluding carboxylic acids is 2. The predicted molar refractivity (Wildman–Crippen MR) is 92.0 cm³/mol. The van der Waals surface area contributed by atoms with E-state index in [0.29, 0.717) is 17.1 Å². The van der Waals surface area contributed by atoms with E-state index < -0.39 is 5.97 Å². The number of nitrogens with zero attached hydrogens (tertiary/aromatic N) is 1. The van der Waals surface area contributed by atoms with Gasteiger partial charge in [0.25, 0.3) is 5.91 Å². The van der Waals surface area contributed by atoms with Crippen LogP contribution in [0.15, 0.2) is 53.6 Å². The van der Waals surface area contributed by atoms with E-state index in [1.807, 2.05) is 0 Å². The molecule has 0 aromatic heterocycles. The van der Waals surface area contributed by atoms with Crippen LogP contribution in [-0.4, -0.2) is 38.9 Å². The Morgan fingerprint density at radius 3 is 2.52 bits per heavy atom. The minimum Gasteiger partial charge on any atom is -0.497 e. The van der Waals surface area contributed by atoms with Crippen LogP contribution in [0, 0.1) is 0 Å². The van der Waals surface area contributed by atoms with Crippen LogP contribution < -0.4 is 14.9 Å². The van der Waals surface area contributed by atoms with Gasteiger partial charge in [-0.05, 0) is 48.0 Å². The molecule has 0 atom stereocenters. The fourth-order valence-corrected chi connectivity index (χ4v) is 1.85. The van der Waals surface area contributed by atoms with Crippen molar-refractivity contribution in [3.8, 4) is 11.5 Å². The molecule has 7 heteroatoms. The maximum Gasteiger partial charge on any atom is 0.343 e. The van der Waals surface area contributed by atoms with Crippen molar-refractivity contribution in [2.75, 3.05) is 20.8 Å². The molecule has 2 aromatic carbocycles. The Hall–Kier alpha value is -3.35. The SMILES string of the molecule is COC(=O)COc1ccc(/C=N/NC(=O)c2cccc(OC)c2)cc1. The van der Waals surface area contributed by atoms with E-state index >= 15 is 0 Å². The molecular weight excluding hydrogens is 324 g/mol. The maximum absolute atomic E-state index is 12.0. The average Bonchev–Trinajstić information content (AvgIpc) is 2.67. The predicted octanol–water partition coefficient (Wildman–Crippen LogP) is 2.01. The normalized spacial score (nSPS) is 10.3. The molecule has 0 fully saturated rings. The molecule has 0 aliphatic heterocycles. The van der Waals surface area contributed by atoms with Gasteiger partial charge in [-0.25, -0.2) is 10.2 Å². The van der Waals surface area contributed by atoms with E-state index in [1.54, 1.807) is 48.5 Å². The van der Waals surface area contributed by atoms with Crippen LogP contribution in [0.1, 0.15) is 15.9 Å². The van der Waals surface area contributed by atoms with Crippen LogP contribution in [0.25, 0.3) is 0 Å². The van der Waals surface area contributed by atoms with E-state index in [4.69, 9.17) is 9.47 Å². The highest BCUT2D eigenvalue weighted by atomic mass is 16.6. The molecule has 1 amide bonds. The molecule has 2 aromatic rings. The van der Waals surface area contributed by atoms with E-state index in [0.717, 1.165) is 5.56 Å². The highest BCUT2D eigenvalue weighted by Gasteiger charge is 2.05. The second-order valence-corrected chi connectivity index (χ2v) is 4.86. The number of carbonyl (C=O) groups is 2. The average molecular weight is 342 g/mol. The first-order valence-electron chi connectivity index (χ1n) is 7.39. The fraction of sp³-hybridized carbons (Fsp3) is 0.167. The first-order chi connectivity index (χ1) is 12.1. The van der Waals surface area contributed by atoms with Gasteiger partial charge in [0.1, 0.15) is 11.5 Å². The molecule has 0 bridgehead atoms. The molecule has 0 aliphatic rings. The van der Waals surface area contributed by atoms with E-state index in [2.05, 4.69) is 15.3 Å². The molecule has 2 rings (SSSR count). The lowest BCUT2D eigenvalue weighted by molar-refractivity contribution is -0.142. The van der Waals surface area contributed by atoms with Gasteiger partial charge in [0.2, 0.25) is 0 Å². The molecule has 0 saturated carbocycles. The van der Waals surface area contributed by atoms with Crippen molar-refractivity contribution >= 4 is 18.1 Å². The molecule has 0 unspecified atom stereocenters. The summed E-state index contributed by atoms with van der Waals surface area (Å²) in [6.45, 7) is -0.152. The van der Waals surface area contributed by atoms with Gasteiger partial charge in [-0.1, -0.05) is 6.07 Å². The van der Waals surface area contributed by atoms with Gasteiger partial charge in [0, 0.05) is 5.56 Å². The van der Waals surface area contributed by atoms with Gasteiger partial charge in [0.15, 0.2) is 6.61 Å². The Balaban J connectivity index is 1.88. The topological polar surface area (TPSA) is 86.2 Å². The van der Waals surface area contributed by atoms with Gasteiger partial charge in [-0.3, -0.25) is 4.79 Å².